The van der Waals surface area contributed by atoms with Gasteiger partial charge in [0, 0.05) is 6.26 Å². The van der Waals surface area contributed by atoms with Gasteiger partial charge in [0.25, 0.3) is 5.91 Å². The molecule has 116 valence electrons. The maximum Gasteiger partial charge on any atom is 0.326 e. The number of carboxylic acid groups (broad SMARTS) is 1. The molecule has 1 aromatic heterocycles. The molecule has 21 heavy (non-hydrogen) atoms. The highest BCUT2D eigenvalue weighted by molar-refractivity contribution is 7.90. The molecule has 0 saturated carbocycles. The van der Waals surface area contributed by atoms with E-state index < -0.39 is 27.8 Å². The van der Waals surface area contributed by atoms with Crippen LogP contribution in [0.1, 0.15) is 16.9 Å². The summed E-state index contributed by atoms with van der Waals surface area (Å²) in [4.78, 5) is 26.7. The van der Waals surface area contributed by atoms with Gasteiger partial charge in [0.1, 0.15) is 26.7 Å². The van der Waals surface area contributed by atoms with Crippen molar-refractivity contribution in [3.8, 4) is 0 Å². The van der Waals surface area contributed by atoms with Crippen molar-refractivity contribution >= 4 is 44.9 Å². The first kappa shape index (κ1) is 17.7. The van der Waals surface area contributed by atoms with Gasteiger partial charge in [0.05, 0.1) is 10.8 Å². The van der Waals surface area contributed by atoms with Crippen LogP contribution in [0.25, 0.3) is 0 Å². The van der Waals surface area contributed by atoms with Crippen molar-refractivity contribution in [2.75, 3.05) is 12.0 Å². The van der Waals surface area contributed by atoms with Crippen LogP contribution in [0.4, 0.5) is 0 Å². The fourth-order valence-electron chi connectivity index (χ4n) is 1.39. The van der Waals surface area contributed by atoms with E-state index in [1.54, 1.807) is 0 Å². The monoisotopic (exact) mass is 354 g/mol. The second-order valence-corrected chi connectivity index (χ2v) is 7.30. The number of sulfone groups is 1. The molecular formula is C11H12Cl2N2O5S. The lowest BCUT2D eigenvalue weighted by Crippen LogP contribution is -2.42. The Bertz CT molecular complexity index is 663. The van der Waals surface area contributed by atoms with E-state index in [-0.39, 0.29) is 28.0 Å². The number of carbonyl (C=O) groups excluding carboxylic acids is 1. The zero-order chi connectivity index (χ0) is 16.2. The van der Waals surface area contributed by atoms with Crippen molar-refractivity contribution in [3.05, 3.63) is 28.0 Å². The van der Waals surface area contributed by atoms with Crippen LogP contribution in [0.3, 0.4) is 0 Å². The van der Waals surface area contributed by atoms with Gasteiger partial charge in [-0.3, -0.25) is 4.79 Å². The summed E-state index contributed by atoms with van der Waals surface area (Å²) in [7, 11) is -3.35. The number of carboxylic acids is 1. The van der Waals surface area contributed by atoms with Crippen molar-refractivity contribution < 1.29 is 23.1 Å². The number of nitrogens with zero attached hydrogens (tertiary/aromatic N) is 1. The third-order valence-electron chi connectivity index (χ3n) is 2.41. The van der Waals surface area contributed by atoms with E-state index in [2.05, 4.69) is 10.3 Å². The smallest absolute Gasteiger partial charge is 0.326 e. The molecular weight excluding hydrogens is 343 g/mol. The second kappa shape index (κ2) is 7.06. The van der Waals surface area contributed by atoms with Gasteiger partial charge < -0.3 is 10.4 Å². The summed E-state index contributed by atoms with van der Waals surface area (Å²) in [6.07, 6.45) is 0.710. The number of hydrogen-bond donors (Lipinski definition) is 2. The number of carbonyl (C=O) groups is 2. The Kier molecular flexibility index (Phi) is 5.94. The van der Waals surface area contributed by atoms with Crippen LogP contribution in [0.5, 0.6) is 0 Å². The molecule has 2 N–H and O–H groups in total. The minimum Gasteiger partial charge on any atom is -0.480 e. The molecule has 1 heterocycles. The zero-order valence-electron chi connectivity index (χ0n) is 10.8. The topological polar surface area (TPSA) is 113 Å². The predicted octanol–water partition coefficient (Wildman–Crippen LogP) is 1.01. The highest BCUT2D eigenvalue weighted by Gasteiger charge is 2.24. The Balaban J connectivity index is 2.86. The molecule has 0 fully saturated rings. The molecule has 0 bridgehead atoms. The average molecular weight is 355 g/mol. The summed E-state index contributed by atoms with van der Waals surface area (Å²) >= 11 is 11.4. The van der Waals surface area contributed by atoms with Gasteiger partial charge in [0.15, 0.2) is 0 Å². The SMILES string of the molecule is CS(=O)(=O)CCC(NC(=O)c1nc(Cl)ccc1Cl)C(=O)O. The first-order valence-electron chi connectivity index (χ1n) is 5.63. The van der Waals surface area contributed by atoms with Gasteiger partial charge in [-0.1, -0.05) is 23.2 Å². The van der Waals surface area contributed by atoms with Crippen LogP contribution in [-0.2, 0) is 14.6 Å². The van der Waals surface area contributed by atoms with Crippen LogP contribution < -0.4 is 5.32 Å². The Morgan fingerprint density at radius 3 is 2.52 bits per heavy atom. The van der Waals surface area contributed by atoms with Crippen LogP contribution >= 0.6 is 23.2 Å². The standard InChI is InChI=1S/C11H12Cl2N2O5S/c1-21(19,20)5-4-7(11(17)18)14-10(16)9-6(12)2-3-8(13)15-9/h2-3,7H,4-5H2,1H3,(H,14,16)(H,17,18). The summed E-state index contributed by atoms with van der Waals surface area (Å²) in [6, 6.07) is 1.35. The van der Waals surface area contributed by atoms with Crippen molar-refractivity contribution in [2.45, 2.75) is 12.5 Å². The van der Waals surface area contributed by atoms with E-state index in [1.807, 2.05) is 0 Å². The first-order chi connectivity index (χ1) is 9.60. The molecule has 1 rings (SSSR count). The molecule has 1 atom stereocenters. The van der Waals surface area contributed by atoms with E-state index >= 15 is 0 Å². The highest BCUT2D eigenvalue weighted by atomic mass is 35.5. The number of halogens is 2. The fraction of sp³-hybridized carbons (Fsp3) is 0.364. The minimum absolute atomic E-state index is 0.00384. The molecule has 10 heteroatoms. The molecule has 0 radical (unpaired) electrons. The number of hydrogen-bond acceptors (Lipinski definition) is 5. The number of rotatable bonds is 6. The van der Waals surface area contributed by atoms with Crippen molar-refractivity contribution in [1.82, 2.24) is 10.3 Å². The summed E-state index contributed by atoms with van der Waals surface area (Å²) in [5.74, 6) is -2.57. The summed E-state index contributed by atoms with van der Waals surface area (Å²) in [5.41, 5.74) is -0.227. The molecule has 0 aliphatic rings. The largest absolute Gasteiger partial charge is 0.480 e. The van der Waals surface area contributed by atoms with E-state index in [4.69, 9.17) is 28.3 Å². The summed E-state index contributed by atoms with van der Waals surface area (Å²) in [6.45, 7) is 0. The molecule has 1 amide bonds. The maximum absolute atomic E-state index is 11.9. The maximum atomic E-state index is 11.9. The quantitative estimate of drug-likeness (QED) is 0.736. The number of aromatic nitrogens is 1. The lowest BCUT2D eigenvalue weighted by atomic mass is 10.2. The zero-order valence-corrected chi connectivity index (χ0v) is 13.2. The van der Waals surface area contributed by atoms with Gasteiger partial charge in [-0.2, -0.15) is 0 Å². The number of nitrogens with one attached hydrogen (secondary N) is 1. The van der Waals surface area contributed by atoms with Crippen LogP contribution in [0, 0.1) is 0 Å². The van der Waals surface area contributed by atoms with Crippen molar-refractivity contribution in [3.63, 3.8) is 0 Å². The Morgan fingerprint density at radius 1 is 1.38 bits per heavy atom. The Morgan fingerprint density at radius 2 is 2.00 bits per heavy atom. The normalized spacial score (nSPS) is 12.7. The first-order valence-corrected chi connectivity index (χ1v) is 8.45. The van der Waals surface area contributed by atoms with Gasteiger partial charge in [-0.15, -0.1) is 0 Å². The molecule has 0 spiro atoms. The van der Waals surface area contributed by atoms with Crippen molar-refractivity contribution in [1.29, 1.82) is 0 Å². The van der Waals surface area contributed by atoms with E-state index in [1.165, 1.54) is 12.1 Å². The van der Waals surface area contributed by atoms with Gasteiger partial charge >= 0.3 is 5.97 Å². The summed E-state index contributed by atoms with van der Waals surface area (Å²) in [5, 5.41) is 11.2. The van der Waals surface area contributed by atoms with Crippen LogP contribution in [-0.4, -0.2) is 48.4 Å². The number of aliphatic carboxylic acids is 1. The van der Waals surface area contributed by atoms with E-state index in [0.717, 1.165) is 6.26 Å². The third kappa shape index (κ3) is 5.86. The highest BCUT2D eigenvalue weighted by Crippen LogP contribution is 2.17. The third-order valence-corrected chi connectivity index (χ3v) is 3.90. The van der Waals surface area contributed by atoms with Crippen LogP contribution in [0.15, 0.2) is 12.1 Å². The number of amides is 1. The molecule has 0 saturated heterocycles. The predicted molar refractivity (Wildman–Crippen MR) is 77.5 cm³/mol. The van der Waals surface area contributed by atoms with E-state index in [0.29, 0.717) is 0 Å². The second-order valence-electron chi connectivity index (χ2n) is 4.25. The molecule has 0 aliphatic carbocycles. The Labute approximate surface area is 131 Å². The molecule has 0 aliphatic heterocycles. The lowest BCUT2D eigenvalue weighted by molar-refractivity contribution is -0.139. The van der Waals surface area contributed by atoms with E-state index in [9.17, 15) is 18.0 Å². The molecule has 0 aromatic carbocycles. The average Bonchev–Trinajstić information content (AvgIpc) is 2.35. The fourth-order valence-corrected chi connectivity index (χ4v) is 2.40. The Hall–Kier alpha value is -1.38. The number of pyridine rings is 1. The van der Waals surface area contributed by atoms with Crippen LogP contribution in [0.2, 0.25) is 10.2 Å². The lowest BCUT2D eigenvalue weighted by Gasteiger charge is -2.14. The van der Waals surface area contributed by atoms with Gasteiger partial charge in [-0.05, 0) is 18.6 Å². The summed E-state index contributed by atoms with van der Waals surface area (Å²) < 4.78 is 22.1. The van der Waals surface area contributed by atoms with Crippen molar-refractivity contribution in [2.24, 2.45) is 0 Å². The van der Waals surface area contributed by atoms with Gasteiger partial charge in [-0.25, -0.2) is 18.2 Å². The minimum atomic E-state index is -3.35. The molecule has 7 nitrogen and oxygen atoms in total. The molecule has 1 unspecified atom stereocenters. The molecule has 1 aromatic rings. The van der Waals surface area contributed by atoms with Gasteiger partial charge in [0.2, 0.25) is 0 Å².